The molecule has 1 aliphatic rings. The Morgan fingerprint density at radius 2 is 2.37 bits per heavy atom. The molecule has 0 bridgehead atoms. The number of nitrogens with zero attached hydrogens (tertiary/aromatic N) is 2. The Balaban J connectivity index is 2.00. The Kier molecular flexibility index (Phi) is 4.30. The molecular formula is C13H20BrN3O2. The molecule has 0 radical (unpaired) electrons. The van der Waals surface area contributed by atoms with Crippen molar-refractivity contribution in [1.82, 2.24) is 9.78 Å². The fourth-order valence-corrected chi connectivity index (χ4v) is 2.92. The van der Waals surface area contributed by atoms with Crippen LogP contribution in [0.1, 0.15) is 26.7 Å². The third-order valence-corrected chi connectivity index (χ3v) is 4.22. The maximum atomic E-state index is 11.7. The molecule has 0 saturated carbocycles. The molecule has 1 unspecified atom stereocenters. The molecule has 106 valence electrons. The smallest absolute Gasteiger partial charge is 0.282 e. The van der Waals surface area contributed by atoms with Crippen molar-refractivity contribution >= 4 is 21.6 Å². The molecule has 6 heteroatoms. The highest BCUT2D eigenvalue weighted by atomic mass is 79.9. The minimum Gasteiger partial charge on any atom is -0.382 e. The van der Waals surface area contributed by atoms with Crippen molar-refractivity contribution in [2.24, 2.45) is 13.0 Å². The van der Waals surface area contributed by atoms with Crippen molar-refractivity contribution in [1.29, 1.82) is 0 Å². The fraction of sp³-hybridized carbons (Fsp3) is 0.692. The first-order valence-corrected chi connectivity index (χ1v) is 7.28. The number of hydrogen-bond acceptors (Lipinski definition) is 4. The van der Waals surface area contributed by atoms with E-state index in [9.17, 15) is 4.79 Å². The zero-order chi connectivity index (χ0) is 14.0. The Hall–Kier alpha value is -0.880. The molecule has 2 heterocycles. The molecule has 0 aromatic carbocycles. The summed E-state index contributed by atoms with van der Waals surface area (Å²) in [5, 5.41) is 7.33. The van der Waals surface area contributed by atoms with Crippen molar-refractivity contribution < 1.29 is 4.74 Å². The second kappa shape index (κ2) is 5.63. The molecule has 1 aromatic heterocycles. The van der Waals surface area contributed by atoms with E-state index in [0.29, 0.717) is 10.4 Å². The highest BCUT2D eigenvalue weighted by Gasteiger charge is 2.28. The van der Waals surface area contributed by atoms with Gasteiger partial charge in [0.15, 0.2) is 0 Å². The van der Waals surface area contributed by atoms with E-state index in [0.717, 1.165) is 31.7 Å². The summed E-state index contributed by atoms with van der Waals surface area (Å²) in [4.78, 5) is 11.7. The van der Waals surface area contributed by atoms with Gasteiger partial charge in [0.2, 0.25) is 0 Å². The zero-order valence-electron chi connectivity index (χ0n) is 11.6. The van der Waals surface area contributed by atoms with Crippen molar-refractivity contribution in [3.05, 3.63) is 21.0 Å². The van der Waals surface area contributed by atoms with Crippen LogP contribution in [0.15, 0.2) is 15.5 Å². The van der Waals surface area contributed by atoms with Gasteiger partial charge in [0.05, 0.1) is 17.5 Å². The van der Waals surface area contributed by atoms with Crippen LogP contribution in [0.4, 0.5) is 5.69 Å². The molecule has 0 amide bonds. The number of rotatable bonds is 3. The summed E-state index contributed by atoms with van der Waals surface area (Å²) in [7, 11) is 1.64. The minimum atomic E-state index is -0.127. The summed E-state index contributed by atoms with van der Waals surface area (Å²) in [6.45, 7) is 5.87. The average molecular weight is 330 g/mol. The summed E-state index contributed by atoms with van der Waals surface area (Å²) >= 11 is 3.32. The van der Waals surface area contributed by atoms with E-state index >= 15 is 0 Å². The fourth-order valence-electron chi connectivity index (χ4n) is 2.42. The summed E-state index contributed by atoms with van der Waals surface area (Å²) < 4.78 is 7.55. The van der Waals surface area contributed by atoms with E-state index in [2.05, 4.69) is 40.2 Å². The largest absolute Gasteiger partial charge is 0.382 e. The van der Waals surface area contributed by atoms with E-state index in [-0.39, 0.29) is 11.2 Å². The lowest BCUT2D eigenvalue weighted by molar-refractivity contribution is -0.0699. The molecule has 1 atom stereocenters. The number of halogens is 1. The third-order valence-electron chi connectivity index (χ3n) is 3.46. The predicted molar refractivity (Wildman–Crippen MR) is 78.4 cm³/mol. The third kappa shape index (κ3) is 3.57. The van der Waals surface area contributed by atoms with Crippen LogP contribution in [-0.2, 0) is 11.8 Å². The number of nitrogens with one attached hydrogen (secondary N) is 1. The Bertz CT molecular complexity index is 513. The van der Waals surface area contributed by atoms with Gasteiger partial charge in [-0.25, -0.2) is 4.68 Å². The van der Waals surface area contributed by atoms with Crippen molar-refractivity contribution in [3.8, 4) is 0 Å². The van der Waals surface area contributed by atoms with E-state index in [1.165, 1.54) is 4.68 Å². The Morgan fingerprint density at radius 1 is 1.63 bits per heavy atom. The quantitative estimate of drug-likeness (QED) is 0.923. The topological polar surface area (TPSA) is 56.1 Å². The van der Waals surface area contributed by atoms with Gasteiger partial charge in [-0.2, -0.15) is 5.10 Å². The lowest BCUT2D eigenvalue weighted by atomic mass is 9.88. The maximum Gasteiger partial charge on any atom is 0.282 e. The lowest BCUT2D eigenvalue weighted by Gasteiger charge is -2.35. The second-order valence-electron chi connectivity index (χ2n) is 5.65. The van der Waals surface area contributed by atoms with Crippen LogP contribution in [0.2, 0.25) is 0 Å². The lowest BCUT2D eigenvalue weighted by Crippen LogP contribution is -2.36. The summed E-state index contributed by atoms with van der Waals surface area (Å²) in [6, 6.07) is 0. The minimum absolute atomic E-state index is 0.0487. The summed E-state index contributed by atoms with van der Waals surface area (Å²) in [6.07, 6.45) is 3.75. The predicted octanol–water partition coefficient (Wildman–Crippen LogP) is 2.16. The van der Waals surface area contributed by atoms with E-state index in [4.69, 9.17) is 4.74 Å². The maximum absolute atomic E-state index is 11.7. The van der Waals surface area contributed by atoms with Gasteiger partial charge in [-0.15, -0.1) is 0 Å². The highest BCUT2D eigenvalue weighted by Crippen LogP contribution is 2.29. The molecule has 2 rings (SSSR count). The first kappa shape index (κ1) is 14.5. The van der Waals surface area contributed by atoms with Gasteiger partial charge in [-0.3, -0.25) is 4.79 Å². The Labute approximate surface area is 121 Å². The number of anilines is 1. The molecule has 1 fully saturated rings. The highest BCUT2D eigenvalue weighted by molar-refractivity contribution is 9.10. The molecule has 1 aromatic rings. The number of aromatic nitrogens is 2. The second-order valence-corrected chi connectivity index (χ2v) is 6.44. The van der Waals surface area contributed by atoms with Crippen LogP contribution in [0.25, 0.3) is 0 Å². The van der Waals surface area contributed by atoms with Crippen molar-refractivity contribution in [2.75, 3.05) is 18.5 Å². The van der Waals surface area contributed by atoms with Crippen LogP contribution < -0.4 is 10.9 Å². The van der Waals surface area contributed by atoms with Crippen LogP contribution in [0, 0.1) is 5.92 Å². The SMILES string of the molecule is Cn1ncc(NCC2CCOC(C)(C)C2)c(Br)c1=O. The average Bonchev–Trinajstić information content (AvgIpc) is 2.34. The van der Waals surface area contributed by atoms with Gasteiger partial charge in [0.1, 0.15) is 4.47 Å². The molecule has 0 aliphatic carbocycles. The number of aryl methyl sites for hydroxylation is 1. The van der Waals surface area contributed by atoms with Crippen LogP contribution in [-0.4, -0.2) is 28.5 Å². The monoisotopic (exact) mass is 329 g/mol. The van der Waals surface area contributed by atoms with Gasteiger partial charge >= 0.3 is 0 Å². The van der Waals surface area contributed by atoms with Gasteiger partial charge in [-0.05, 0) is 48.5 Å². The van der Waals surface area contributed by atoms with Crippen LogP contribution in [0.3, 0.4) is 0 Å². The zero-order valence-corrected chi connectivity index (χ0v) is 13.2. The molecule has 19 heavy (non-hydrogen) atoms. The summed E-state index contributed by atoms with van der Waals surface area (Å²) in [5.41, 5.74) is 0.581. The van der Waals surface area contributed by atoms with Crippen molar-refractivity contribution in [3.63, 3.8) is 0 Å². The van der Waals surface area contributed by atoms with E-state index in [1.807, 2.05) is 0 Å². The number of ether oxygens (including phenoxy) is 1. The molecule has 1 N–H and O–H groups in total. The van der Waals surface area contributed by atoms with E-state index < -0.39 is 0 Å². The molecule has 1 aliphatic heterocycles. The standard InChI is InChI=1S/C13H20BrN3O2/c1-13(2)6-9(4-5-19-13)7-15-10-8-16-17(3)12(18)11(10)14/h8-9,15H,4-7H2,1-3H3. The van der Waals surface area contributed by atoms with Gasteiger partial charge in [0, 0.05) is 20.2 Å². The molecule has 1 saturated heterocycles. The summed E-state index contributed by atoms with van der Waals surface area (Å²) in [5.74, 6) is 0.555. The van der Waals surface area contributed by atoms with Gasteiger partial charge in [-0.1, -0.05) is 0 Å². The van der Waals surface area contributed by atoms with E-state index in [1.54, 1.807) is 13.2 Å². The Morgan fingerprint density at radius 3 is 3.05 bits per heavy atom. The molecule has 5 nitrogen and oxygen atoms in total. The van der Waals surface area contributed by atoms with Crippen LogP contribution in [0.5, 0.6) is 0 Å². The van der Waals surface area contributed by atoms with Gasteiger partial charge in [0.25, 0.3) is 5.56 Å². The van der Waals surface area contributed by atoms with Crippen LogP contribution >= 0.6 is 15.9 Å². The van der Waals surface area contributed by atoms with Crippen molar-refractivity contribution in [2.45, 2.75) is 32.3 Å². The molecular weight excluding hydrogens is 310 g/mol. The number of hydrogen-bond donors (Lipinski definition) is 1. The first-order valence-electron chi connectivity index (χ1n) is 6.49. The molecule has 0 spiro atoms. The first-order chi connectivity index (χ1) is 8.89. The van der Waals surface area contributed by atoms with Gasteiger partial charge < -0.3 is 10.1 Å². The normalized spacial score (nSPS) is 22.2.